The van der Waals surface area contributed by atoms with Gasteiger partial charge in [-0.3, -0.25) is 0 Å². The van der Waals surface area contributed by atoms with E-state index in [0.717, 1.165) is 18.7 Å². The summed E-state index contributed by atoms with van der Waals surface area (Å²) in [4.78, 5) is 2.18. The largest absolute Gasteiger partial charge is 0.308 e. The highest BCUT2D eigenvalue weighted by atomic mass is 19.1. The minimum atomic E-state index is -0.178. The molecule has 0 bridgehead atoms. The van der Waals surface area contributed by atoms with Gasteiger partial charge in [0.2, 0.25) is 0 Å². The first-order valence-corrected chi connectivity index (χ1v) is 6.11. The van der Waals surface area contributed by atoms with Crippen molar-refractivity contribution in [2.24, 2.45) is 5.92 Å². The van der Waals surface area contributed by atoms with Gasteiger partial charge in [-0.25, -0.2) is 4.39 Å². The van der Waals surface area contributed by atoms with Gasteiger partial charge in [0.05, 0.1) is 0 Å². The first kappa shape index (κ1) is 14.1. The maximum Gasteiger partial charge on any atom is 0.123 e. The van der Waals surface area contributed by atoms with Gasteiger partial charge in [-0.15, -0.1) is 0 Å². The Hall–Kier alpha value is -0.930. The van der Waals surface area contributed by atoms with Crippen molar-refractivity contribution < 1.29 is 4.39 Å². The highest BCUT2D eigenvalue weighted by Crippen LogP contribution is 2.06. The van der Waals surface area contributed by atoms with Crippen LogP contribution in [-0.4, -0.2) is 31.6 Å². The van der Waals surface area contributed by atoms with E-state index in [9.17, 15) is 4.39 Å². The molecule has 1 rings (SSSR count). The van der Waals surface area contributed by atoms with Crippen molar-refractivity contribution in [1.82, 2.24) is 10.2 Å². The van der Waals surface area contributed by atoms with E-state index in [1.165, 1.54) is 12.1 Å². The lowest BCUT2D eigenvalue weighted by Gasteiger charge is -2.25. The van der Waals surface area contributed by atoms with E-state index < -0.39 is 0 Å². The predicted molar refractivity (Wildman–Crippen MR) is 70.4 cm³/mol. The molecule has 0 aliphatic heterocycles. The van der Waals surface area contributed by atoms with Gasteiger partial charge in [0.1, 0.15) is 5.82 Å². The molecule has 0 saturated carbocycles. The van der Waals surface area contributed by atoms with Gasteiger partial charge in [-0.2, -0.15) is 0 Å². The number of hydrogen-bond donors (Lipinski definition) is 1. The van der Waals surface area contributed by atoms with Gasteiger partial charge >= 0.3 is 0 Å². The van der Waals surface area contributed by atoms with Crippen LogP contribution in [0.5, 0.6) is 0 Å². The van der Waals surface area contributed by atoms with Crippen LogP contribution in [0.3, 0.4) is 0 Å². The molecule has 0 amide bonds. The van der Waals surface area contributed by atoms with E-state index >= 15 is 0 Å². The molecule has 1 unspecified atom stereocenters. The number of nitrogens with one attached hydrogen (secondary N) is 1. The van der Waals surface area contributed by atoms with E-state index in [2.05, 4.69) is 38.2 Å². The monoisotopic (exact) mass is 238 g/mol. The molecule has 2 nitrogen and oxygen atoms in total. The summed E-state index contributed by atoms with van der Waals surface area (Å²) in [5.74, 6) is 0.403. The Balaban J connectivity index is 2.48. The van der Waals surface area contributed by atoms with Gasteiger partial charge < -0.3 is 10.2 Å². The molecule has 0 spiro atoms. The summed E-state index contributed by atoms with van der Waals surface area (Å²) < 4.78 is 12.8. The van der Waals surface area contributed by atoms with E-state index in [1.807, 2.05) is 12.1 Å². The summed E-state index contributed by atoms with van der Waals surface area (Å²) in [6.45, 7) is 6.23. The number of likely N-dealkylation sites (N-methyl/N-ethyl adjacent to an activating group) is 1. The maximum absolute atomic E-state index is 12.8. The van der Waals surface area contributed by atoms with Crippen LogP contribution in [0.1, 0.15) is 19.4 Å². The third-order valence-electron chi connectivity index (χ3n) is 2.85. The Labute approximate surface area is 104 Å². The molecule has 3 heteroatoms. The van der Waals surface area contributed by atoms with Crippen LogP contribution in [0.15, 0.2) is 24.3 Å². The number of hydrogen-bond acceptors (Lipinski definition) is 2. The van der Waals surface area contributed by atoms with Crippen LogP contribution in [0.2, 0.25) is 0 Å². The predicted octanol–water partition coefficient (Wildman–Crippen LogP) is 2.50. The number of rotatable bonds is 6. The lowest BCUT2D eigenvalue weighted by Crippen LogP contribution is -2.41. The molecule has 0 aliphatic carbocycles. The summed E-state index contributed by atoms with van der Waals surface area (Å²) in [6, 6.07) is 7.13. The van der Waals surface area contributed by atoms with Crippen LogP contribution in [0.4, 0.5) is 4.39 Å². The van der Waals surface area contributed by atoms with Crippen LogP contribution < -0.4 is 5.32 Å². The third-order valence-corrected chi connectivity index (χ3v) is 2.85. The van der Waals surface area contributed by atoms with Gasteiger partial charge in [-0.05, 0) is 37.7 Å². The smallest absolute Gasteiger partial charge is 0.123 e. The topological polar surface area (TPSA) is 15.3 Å². The Morgan fingerprint density at radius 2 is 1.76 bits per heavy atom. The summed E-state index contributed by atoms with van der Waals surface area (Å²) in [7, 11) is 4.16. The zero-order valence-corrected chi connectivity index (χ0v) is 11.2. The van der Waals surface area contributed by atoms with Gasteiger partial charge in [-0.1, -0.05) is 26.0 Å². The Morgan fingerprint density at radius 1 is 1.18 bits per heavy atom. The van der Waals surface area contributed by atoms with Crippen LogP contribution in [0.25, 0.3) is 0 Å². The van der Waals surface area contributed by atoms with Crippen molar-refractivity contribution in [3.05, 3.63) is 35.6 Å². The van der Waals surface area contributed by atoms with Crippen LogP contribution >= 0.6 is 0 Å². The summed E-state index contributed by atoms with van der Waals surface area (Å²) >= 11 is 0. The van der Waals surface area contributed by atoms with Crippen molar-refractivity contribution in [2.45, 2.75) is 26.4 Å². The first-order chi connectivity index (χ1) is 7.99. The first-order valence-electron chi connectivity index (χ1n) is 6.11. The molecule has 0 aromatic heterocycles. The van der Waals surface area contributed by atoms with E-state index in [-0.39, 0.29) is 5.82 Å². The molecule has 0 fully saturated rings. The molecule has 0 aliphatic rings. The molecular formula is C14H23FN2. The van der Waals surface area contributed by atoms with Crippen molar-refractivity contribution in [3.8, 4) is 0 Å². The normalized spacial score (nSPS) is 13.4. The molecule has 1 N–H and O–H groups in total. The fraction of sp³-hybridized carbons (Fsp3) is 0.571. The summed E-state index contributed by atoms with van der Waals surface area (Å²) in [5, 5.41) is 3.52. The fourth-order valence-corrected chi connectivity index (χ4v) is 1.76. The van der Waals surface area contributed by atoms with Crippen LogP contribution in [0, 0.1) is 11.7 Å². The number of halogens is 1. The van der Waals surface area contributed by atoms with E-state index in [1.54, 1.807) is 0 Å². The summed E-state index contributed by atoms with van der Waals surface area (Å²) in [6.07, 6.45) is 0. The lowest BCUT2D eigenvalue weighted by atomic mass is 10.0. The lowest BCUT2D eigenvalue weighted by molar-refractivity contribution is 0.288. The van der Waals surface area contributed by atoms with E-state index in [0.29, 0.717) is 12.0 Å². The second kappa shape index (κ2) is 6.72. The highest BCUT2D eigenvalue weighted by molar-refractivity contribution is 5.15. The average Bonchev–Trinajstić information content (AvgIpc) is 2.25. The quantitative estimate of drug-likeness (QED) is 0.819. The fourth-order valence-electron chi connectivity index (χ4n) is 1.76. The third kappa shape index (κ3) is 5.29. The molecule has 1 aromatic carbocycles. The van der Waals surface area contributed by atoms with Gasteiger partial charge in [0.25, 0.3) is 0 Å². The zero-order chi connectivity index (χ0) is 12.8. The van der Waals surface area contributed by atoms with Crippen molar-refractivity contribution in [2.75, 3.05) is 20.6 Å². The van der Waals surface area contributed by atoms with Crippen molar-refractivity contribution in [1.29, 1.82) is 0 Å². The molecule has 17 heavy (non-hydrogen) atoms. The van der Waals surface area contributed by atoms with E-state index in [4.69, 9.17) is 0 Å². The Kier molecular flexibility index (Phi) is 5.59. The molecular weight excluding hydrogens is 215 g/mol. The zero-order valence-electron chi connectivity index (χ0n) is 11.2. The Morgan fingerprint density at radius 3 is 2.24 bits per heavy atom. The Bertz CT molecular complexity index is 319. The van der Waals surface area contributed by atoms with Crippen LogP contribution in [-0.2, 0) is 6.54 Å². The standard InChI is InChI=1S/C14H23FN2/c1-11(2)14(10-17(3)4)16-9-12-5-7-13(15)8-6-12/h5-8,11,14,16H,9-10H2,1-4H3. The number of nitrogens with zero attached hydrogens (tertiary/aromatic N) is 1. The molecule has 1 aromatic rings. The minimum absolute atomic E-state index is 0.178. The van der Waals surface area contributed by atoms with Gasteiger partial charge in [0, 0.05) is 19.1 Å². The molecule has 96 valence electrons. The molecule has 0 heterocycles. The van der Waals surface area contributed by atoms with Crippen molar-refractivity contribution >= 4 is 0 Å². The maximum atomic E-state index is 12.8. The van der Waals surface area contributed by atoms with Gasteiger partial charge in [0.15, 0.2) is 0 Å². The highest BCUT2D eigenvalue weighted by Gasteiger charge is 2.13. The summed E-state index contributed by atoms with van der Waals surface area (Å²) in [5.41, 5.74) is 1.12. The molecule has 0 saturated heterocycles. The number of benzene rings is 1. The second-order valence-corrected chi connectivity index (χ2v) is 5.12. The molecule has 1 atom stereocenters. The molecule has 0 radical (unpaired) electrons. The van der Waals surface area contributed by atoms with Crippen molar-refractivity contribution in [3.63, 3.8) is 0 Å². The average molecular weight is 238 g/mol. The SMILES string of the molecule is CC(C)C(CN(C)C)NCc1ccc(F)cc1. The minimum Gasteiger partial charge on any atom is -0.308 e. The second-order valence-electron chi connectivity index (χ2n) is 5.12.